The summed E-state index contributed by atoms with van der Waals surface area (Å²) >= 11 is 2.78. The zero-order valence-corrected chi connectivity index (χ0v) is 12.6. The van der Waals surface area contributed by atoms with E-state index in [2.05, 4.69) is 10.3 Å². The monoisotopic (exact) mass is 320 g/mol. The summed E-state index contributed by atoms with van der Waals surface area (Å²) in [5, 5.41) is 12.0. The molecule has 3 rings (SSSR count). The van der Waals surface area contributed by atoms with Gasteiger partial charge in [-0.25, -0.2) is 9.78 Å². The van der Waals surface area contributed by atoms with Gasteiger partial charge in [0, 0.05) is 15.8 Å². The van der Waals surface area contributed by atoms with Crippen molar-refractivity contribution in [3.8, 4) is 0 Å². The molecule has 2 N–H and O–H groups in total. The van der Waals surface area contributed by atoms with Crippen molar-refractivity contribution in [3.05, 3.63) is 38.5 Å². The Balaban J connectivity index is 1.68. The van der Waals surface area contributed by atoms with Crippen LogP contribution in [-0.2, 0) is 17.6 Å². The minimum absolute atomic E-state index is 0.206. The molecule has 2 aromatic heterocycles. The summed E-state index contributed by atoms with van der Waals surface area (Å²) in [6.07, 6.45) is 5.71. The van der Waals surface area contributed by atoms with Crippen LogP contribution in [0.1, 0.15) is 31.5 Å². The molecular formula is C14H12N2O3S2. The van der Waals surface area contributed by atoms with Crippen molar-refractivity contribution < 1.29 is 14.7 Å². The third kappa shape index (κ3) is 3.20. The number of fused-ring (bicyclic) bond motifs is 1. The lowest BCUT2D eigenvalue weighted by molar-refractivity contribution is -0.131. The molecule has 0 spiro atoms. The zero-order valence-electron chi connectivity index (χ0n) is 11.0. The number of carbonyl (C=O) groups excluding carboxylic acids is 1. The summed E-state index contributed by atoms with van der Waals surface area (Å²) in [6, 6.07) is 3.41. The summed E-state index contributed by atoms with van der Waals surface area (Å²) in [4.78, 5) is 29.5. The van der Waals surface area contributed by atoms with Gasteiger partial charge in [-0.2, -0.15) is 0 Å². The van der Waals surface area contributed by atoms with Gasteiger partial charge in [-0.1, -0.05) is 0 Å². The van der Waals surface area contributed by atoms with E-state index in [4.69, 9.17) is 5.11 Å². The molecule has 0 unspecified atom stereocenters. The highest BCUT2D eigenvalue weighted by Gasteiger charge is 2.18. The number of aryl methyl sites for hydroxylation is 2. The van der Waals surface area contributed by atoms with Gasteiger partial charge < -0.3 is 5.11 Å². The van der Waals surface area contributed by atoms with Gasteiger partial charge in [0.25, 0.3) is 5.91 Å². The van der Waals surface area contributed by atoms with Gasteiger partial charge in [-0.15, -0.1) is 22.7 Å². The highest BCUT2D eigenvalue weighted by Crippen LogP contribution is 2.31. The fourth-order valence-corrected chi connectivity index (χ4v) is 3.97. The van der Waals surface area contributed by atoms with Crippen molar-refractivity contribution in [1.82, 2.24) is 4.98 Å². The largest absolute Gasteiger partial charge is 0.478 e. The number of nitrogens with one attached hydrogen (secondary N) is 1. The van der Waals surface area contributed by atoms with Gasteiger partial charge in [0.05, 0.1) is 10.6 Å². The molecule has 0 radical (unpaired) electrons. The Kier molecular flexibility index (Phi) is 3.85. The van der Waals surface area contributed by atoms with E-state index in [0.29, 0.717) is 10.0 Å². The van der Waals surface area contributed by atoms with E-state index in [1.807, 2.05) is 0 Å². The first-order chi connectivity index (χ1) is 10.1. The lowest BCUT2D eigenvalue weighted by Gasteiger charge is -1.98. The summed E-state index contributed by atoms with van der Waals surface area (Å²) in [7, 11) is 0. The molecule has 0 bridgehead atoms. The van der Waals surface area contributed by atoms with Crippen LogP contribution in [0.25, 0.3) is 6.08 Å². The third-order valence-corrected chi connectivity index (χ3v) is 5.18. The first kappa shape index (κ1) is 14.0. The highest BCUT2D eigenvalue weighted by atomic mass is 32.1. The number of amides is 1. The van der Waals surface area contributed by atoms with E-state index >= 15 is 0 Å². The van der Waals surface area contributed by atoms with Crippen LogP contribution >= 0.6 is 22.7 Å². The van der Waals surface area contributed by atoms with Crippen molar-refractivity contribution >= 4 is 45.8 Å². The number of anilines is 1. The number of rotatable bonds is 4. The van der Waals surface area contributed by atoms with Crippen molar-refractivity contribution in [2.45, 2.75) is 19.3 Å². The Bertz CT molecular complexity index is 709. The Morgan fingerprint density at radius 1 is 1.29 bits per heavy atom. The molecule has 1 aliphatic carbocycles. The predicted molar refractivity (Wildman–Crippen MR) is 83.1 cm³/mol. The van der Waals surface area contributed by atoms with E-state index in [-0.39, 0.29) is 5.91 Å². The molecule has 21 heavy (non-hydrogen) atoms. The molecule has 0 aliphatic heterocycles. The van der Waals surface area contributed by atoms with Crippen LogP contribution in [0.3, 0.4) is 0 Å². The molecule has 0 aromatic carbocycles. The smallest absolute Gasteiger partial charge is 0.328 e. The normalized spacial score (nSPS) is 13.5. The fraction of sp³-hybridized carbons (Fsp3) is 0.214. The number of thiazole rings is 1. The van der Waals surface area contributed by atoms with E-state index in [1.165, 1.54) is 33.6 Å². The molecule has 1 aliphatic rings. The molecule has 2 aromatic rings. The molecule has 7 heteroatoms. The summed E-state index contributed by atoms with van der Waals surface area (Å²) in [5.74, 6) is -1.21. The number of aromatic nitrogens is 1. The van der Waals surface area contributed by atoms with Crippen molar-refractivity contribution in [2.24, 2.45) is 0 Å². The number of carbonyl (C=O) groups is 2. The molecule has 1 amide bonds. The molecule has 5 nitrogen and oxygen atoms in total. The van der Waals surface area contributed by atoms with Crippen LogP contribution in [0.15, 0.2) is 18.2 Å². The fourth-order valence-electron chi connectivity index (χ4n) is 2.12. The maximum absolute atomic E-state index is 12.1. The minimum atomic E-state index is -1.01. The van der Waals surface area contributed by atoms with Crippen molar-refractivity contribution in [1.29, 1.82) is 0 Å². The second-order valence-corrected chi connectivity index (χ2v) is 6.77. The molecule has 2 heterocycles. The highest BCUT2D eigenvalue weighted by molar-refractivity contribution is 7.16. The van der Waals surface area contributed by atoms with Crippen LogP contribution in [0.2, 0.25) is 0 Å². The summed E-state index contributed by atoms with van der Waals surface area (Å²) in [5.41, 5.74) is 1.10. The van der Waals surface area contributed by atoms with E-state index in [9.17, 15) is 9.59 Å². The molecule has 0 saturated heterocycles. The Morgan fingerprint density at radius 2 is 2.14 bits per heavy atom. The second-order valence-electron chi connectivity index (χ2n) is 4.57. The minimum Gasteiger partial charge on any atom is -0.478 e. The maximum Gasteiger partial charge on any atom is 0.328 e. The quantitative estimate of drug-likeness (QED) is 0.849. The zero-order chi connectivity index (χ0) is 14.8. The van der Waals surface area contributed by atoms with Crippen LogP contribution in [-0.4, -0.2) is 22.0 Å². The first-order valence-corrected chi connectivity index (χ1v) is 8.06. The van der Waals surface area contributed by atoms with Crippen LogP contribution in [0.4, 0.5) is 5.13 Å². The van der Waals surface area contributed by atoms with Crippen molar-refractivity contribution in [2.75, 3.05) is 5.32 Å². The van der Waals surface area contributed by atoms with Gasteiger partial charge in [-0.05, 0) is 37.5 Å². The Hall–Kier alpha value is -1.99. The SMILES string of the molecule is O=C(O)C=Cc1ccc(C(=O)Nc2nc3c(s2)CCC3)s1. The molecule has 108 valence electrons. The van der Waals surface area contributed by atoms with Gasteiger partial charge >= 0.3 is 5.97 Å². The van der Waals surface area contributed by atoms with Crippen LogP contribution in [0.5, 0.6) is 0 Å². The van der Waals surface area contributed by atoms with E-state index in [0.717, 1.165) is 35.9 Å². The molecule has 0 atom stereocenters. The average Bonchev–Trinajstić information content (AvgIpc) is 3.10. The summed E-state index contributed by atoms with van der Waals surface area (Å²) in [6.45, 7) is 0. The third-order valence-electron chi connectivity index (χ3n) is 3.06. The van der Waals surface area contributed by atoms with Gasteiger partial charge in [0.2, 0.25) is 0 Å². The Labute approximate surface area is 129 Å². The lowest BCUT2D eigenvalue weighted by Crippen LogP contribution is -2.09. The number of thiophene rings is 1. The number of carboxylic acids is 1. The lowest BCUT2D eigenvalue weighted by atomic mass is 10.4. The average molecular weight is 320 g/mol. The first-order valence-electron chi connectivity index (χ1n) is 6.42. The maximum atomic E-state index is 12.1. The molecule has 0 saturated carbocycles. The van der Waals surface area contributed by atoms with Gasteiger partial charge in [0.1, 0.15) is 0 Å². The van der Waals surface area contributed by atoms with Gasteiger partial charge in [0.15, 0.2) is 5.13 Å². The number of hydrogen-bond donors (Lipinski definition) is 2. The van der Waals surface area contributed by atoms with E-state index < -0.39 is 5.97 Å². The van der Waals surface area contributed by atoms with E-state index in [1.54, 1.807) is 12.1 Å². The topological polar surface area (TPSA) is 79.3 Å². The number of aliphatic carboxylic acids is 1. The predicted octanol–water partition coefficient (Wildman–Crippen LogP) is 3.04. The summed E-state index contributed by atoms with van der Waals surface area (Å²) < 4.78 is 0. The number of hydrogen-bond acceptors (Lipinski definition) is 5. The Morgan fingerprint density at radius 3 is 2.90 bits per heavy atom. The van der Waals surface area contributed by atoms with Gasteiger partial charge in [-0.3, -0.25) is 10.1 Å². The van der Waals surface area contributed by atoms with Crippen molar-refractivity contribution in [3.63, 3.8) is 0 Å². The molecular weight excluding hydrogens is 308 g/mol. The number of nitrogens with zero attached hydrogens (tertiary/aromatic N) is 1. The van der Waals surface area contributed by atoms with Crippen LogP contribution < -0.4 is 5.32 Å². The van der Waals surface area contributed by atoms with Crippen LogP contribution in [0, 0.1) is 0 Å². The second kappa shape index (κ2) is 5.79. The molecule has 0 fully saturated rings. The standard InChI is InChI=1S/C14H12N2O3S2/c17-12(18)7-5-8-4-6-11(20-8)13(19)16-14-15-9-2-1-3-10(9)21-14/h4-7H,1-3H2,(H,17,18)(H,15,16,19). The number of carboxylic acid groups (broad SMARTS) is 1.